The van der Waals surface area contributed by atoms with Gasteiger partial charge in [0, 0.05) is 0 Å². The third-order valence-corrected chi connectivity index (χ3v) is 4.78. The van der Waals surface area contributed by atoms with Gasteiger partial charge in [-0.2, -0.15) is 0 Å². The lowest BCUT2D eigenvalue weighted by molar-refractivity contribution is -0.122. The van der Waals surface area contributed by atoms with Crippen molar-refractivity contribution in [3.05, 3.63) is 52.6 Å². The molecule has 0 unspecified atom stereocenters. The number of carbonyl (C=O) groups excluding carboxylic acids is 3. The zero-order valence-corrected chi connectivity index (χ0v) is 19.6. The number of urea groups is 1. The number of barbiturate groups is 1. The van der Waals surface area contributed by atoms with Crippen LogP contribution in [0.3, 0.4) is 0 Å². The summed E-state index contributed by atoms with van der Waals surface area (Å²) in [7, 11) is 0. The number of hydrogen-bond donors (Lipinski definition) is 1. The number of rotatable bonds is 8. The number of nitrogens with zero attached hydrogens (tertiary/aromatic N) is 1. The van der Waals surface area contributed by atoms with Gasteiger partial charge in [0.15, 0.2) is 11.5 Å². The number of anilines is 1. The second-order valence-corrected chi connectivity index (χ2v) is 7.72. The Morgan fingerprint density at radius 2 is 1.70 bits per heavy atom. The summed E-state index contributed by atoms with van der Waals surface area (Å²) < 4.78 is 16.8. The number of hydrogen-bond acceptors (Lipinski definition) is 6. The minimum atomic E-state index is -0.833. The van der Waals surface area contributed by atoms with Gasteiger partial charge in [0.25, 0.3) is 11.8 Å². The lowest BCUT2D eigenvalue weighted by atomic mass is 10.1. The second kappa shape index (κ2) is 10.4. The molecule has 2 aromatic carbocycles. The lowest BCUT2D eigenvalue weighted by Gasteiger charge is -2.26. The third kappa shape index (κ3) is 5.46. The third-order valence-electron chi connectivity index (χ3n) is 4.50. The summed E-state index contributed by atoms with van der Waals surface area (Å²) in [6.07, 6.45) is 1.23. The van der Waals surface area contributed by atoms with Gasteiger partial charge in [-0.1, -0.05) is 11.6 Å². The van der Waals surface area contributed by atoms with Crippen LogP contribution in [0, 0.1) is 0 Å². The fraction of sp³-hybridized carbons (Fsp3) is 0.292. The predicted molar refractivity (Wildman–Crippen MR) is 125 cm³/mol. The Kier molecular flexibility index (Phi) is 7.60. The molecular weight excluding hydrogens is 448 g/mol. The van der Waals surface area contributed by atoms with E-state index in [-0.39, 0.29) is 16.7 Å². The smallest absolute Gasteiger partial charge is 0.335 e. The molecule has 174 valence electrons. The van der Waals surface area contributed by atoms with Gasteiger partial charge >= 0.3 is 6.03 Å². The van der Waals surface area contributed by atoms with Crippen molar-refractivity contribution in [2.24, 2.45) is 0 Å². The monoisotopic (exact) mass is 472 g/mol. The molecule has 1 fully saturated rings. The Labute approximate surface area is 197 Å². The van der Waals surface area contributed by atoms with E-state index in [2.05, 4.69) is 5.32 Å². The molecule has 1 aliphatic heterocycles. The summed E-state index contributed by atoms with van der Waals surface area (Å²) in [4.78, 5) is 38.9. The van der Waals surface area contributed by atoms with E-state index in [1.165, 1.54) is 6.08 Å². The van der Waals surface area contributed by atoms with E-state index < -0.39 is 17.8 Å². The number of halogens is 1. The fourth-order valence-electron chi connectivity index (χ4n) is 3.20. The zero-order chi connectivity index (χ0) is 24.1. The number of benzene rings is 2. The molecule has 2 aromatic rings. The van der Waals surface area contributed by atoms with Crippen LogP contribution >= 0.6 is 11.6 Å². The Hall–Kier alpha value is -3.52. The molecule has 1 saturated heterocycles. The van der Waals surface area contributed by atoms with Crippen LogP contribution in [-0.4, -0.2) is 37.2 Å². The highest BCUT2D eigenvalue weighted by atomic mass is 35.5. The Morgan fingerprint density at radius 3 is 2.30 bits per heavy atom. The molecule has 0 radical (unpaired) electrons. The van der Waals surface area contributed by atoms with Crippen molar-refractivity contribution >= 4 is 41.2 Å². The van der Waals surface area contributed by atoms with Gasteiger partial charge in [-0.15, -0.1) is 0 Å². The highest BCUT2D eigenvalue weighted by Crippen LogP contribution is 2.38. The Bertz CT molecular complexity index is 1090. The van der Waals surface area contributed by atoms with Crippen LogP contribution in [-0.2, 0) is 9.59 Å². The maximum Gasteiger partial charge on any atom is 0.335 e. The first-order valence-corrected chi connectivity index (χ1v) is 10.9. The van der Waals surface area contributed by atoms with Crippen LogP contribution in [0.25, 0.3) is 6.08 Å². The molecule has 33 heavy (non-hydrogen) atoms. The molecule has 1 aliphatic rings. The van der Waals surface area contributed by atoms with E-state index in [1.54, 1.807) is 36.4 Å². The molecule has 8 nitrogen and oxygen atoms in total. The van der Waals surface area contributed by atoms with Crippen molar-refractivity contribution in [2.75, 3.05) is 18.1 Å². The molecule has 3 rings (SSSR count). The van der Waals surface area contributed by atoms with Crippen LogP contribution in [0.15, 0.2) is 42.0 Å². The average molecular weight is 473 g/mol. The van der Waals surface area contributed by atoms with Gasteiger partial charge in [0.1, 0.15) is 11.3 Å². The van der Waals surface area contributed by atoms with Crippen molar-refractivity contribution in [1.82, 2.24) is 5.32 Å². The summed E-state index contributed by atoms with van der Waals surface area (Å²) >= 11 is 6.40. The summed E-state index contributed by atoms with van der Waals surface area (Å²) in [5.41, 5.74) is 0.520. The molecule has 1 N–H and O–H groups in total. The van der Waals surface area contributed by atoms with Gasteiger partial charge < -0.3 is 14.2 Å². The first-order chi connectivity index (χ1) is 15.7. The van der Waals surface area contributed by atoms with E-state index in [4.69, 9.17) is 25.8 Å². The van der Waals surface area contributed by atoms with Crippen LogP contribution in [0.4, 0.5) is 10.5 Å². The topological polar surface area (TPSA) is 94.2 Å². The summed E-state index contributed by atoms with van der Waals surface area (Å²) in [5.74, 6) is -0.206. The van der Waals surface area contributed by atoms with E-state index in [0.29, 0.717) is 41.7 Å². The summed E-state index contributed by atoms with van der Waals surface area (Å²) in [5, 5.41) is 2.47. The lowest BCUT2D eigenvalue weighted by Crippen LogP contribution is -2.54. The number of carbonyl (C=O) groups is 3. The average Bonchev–Trinajstić information content (AvgIpc) is 2.75. The molecule has 0 aromatic heterocycles. The van der Waals surface area contributed by atoms with Gasteiger partial charge in [-0.05, 0) is 75.7 Å². The predicted octanol–water partition coefficient (Wildman–Crippen LogP) is 4.59. The summed E-state index contributed by atoms with van der Waals surface area (Å²) in [6.45, 7) is 8.24. The minimum absolute atomic E-state index is 0.134. The highest BCUT2D eigenvalue weighted by Gasteiger charge is 2.37. The molecule has 0 spiro atoms. The number of amides is 4. The first kappa shape index (κ1) is 24.1. The molecule has 0 saturated carbocycles. The van der Waals surface area contributed by atoms with E-state index in [0.717, 1.165) is 4.90 Å². The standard InChI is InChI=1S/C24H25ClN2O6/c1-5-31-17-9-7-16(8-10-17)27-23(29)18(22(28)26-24(27)30)11-15-12-19(25)21(33-14(3)4)20(13-15)32-6-2/h7-14H,5-6H2,1-4H3,(H,26,28,30)/b18-11+. The SMILES string of the molecule is CCOc1ccc(N2C(=O)NC(=O)/C(=C\c3cc(Cl)c(OC(C)C)c(OCC)c3)C2=O)cc1. The maximum atomic E-state index is 13.1. The first-order valence-electron chi connectivity index (χ1n) is 10.5. The Balaban J connectivity index is 1.99. The summed E-state index contributed by atoms with van der Waals surface area (Å²) in [6, 6.07) is 8.77. The molecule has 4 amide bonds. The van der Waals surface area contributed by atoms with Gasteiger partial charge in [-0.3, -0.25) is 14.9 Å². The van der Waals surface area contributed by atoms with Crippen LogP contribution in [0.5, 0.6) is 17.2 Å². The van der Waals surface area contributed by atoms with Gasteiger partial charge in [0.2, 0.25) is 0 Å². The normalized spacial score (nSPS) is 15.2. The quantitative estimate of drug-likeness (QED) is 0.446. The molecule has 9 heteroatoms. The second-order valence-electron chi connectivity index (χ2n) is 7.31. The van der Waals surface area contributed by atoms with Crippen LogP contribution in [0.1, 0.15) is 33.3 Å². The van der Waals surface area contributed by atoms with Crippen molar-refractivity contribution < 1.29 is 28.6 Å². The largest absolute Gasteiger partial charge is 0.494 e. The fourth-order valence-corrected chi connectivity index (χ4v) is 3.46. The molecule has 0 atom stereocenters. The number of imide groups is 2. The Morgan fingerprint density at radius 1 is 1.03 bits per heavy atom. The van der Waals surface area contributed by atoms with Crippen molar-refractivity contribution in [1.29, 1.82) is 0 Å². The molecule has 0 bridgehead atoms. The van der Waals surface area contributed by atoms with E-state index in [9.17, 15) is 14.4 Å². The van der Waals surface area contributed by atoms with Crippen LogP contribution < -0.4 is 24.4 Å². The maximum absolute atomic E-state index is 13.1. The molecule has 1 heterocycles. The van der Waals surface area contributed by atoms with Gasteiger partial charge in [0.05, 0.1) is 30.0 Å². The highest BCUT2D eigenvalue weighted by molar-refractivity contribution is 6.39. The zero-order valence-electron chi connectivity index (χ0n) is 18.8. The molecular formula is C24H25ClN2O6. The van der Waals surface area contributed by atoms with Crippen molar-refractivity contribution in [3.63, 3.8) is 0 Å². The van der Waals surface area contributed by atoms with E-state index in [1.807, 2.05) is 27.7 Å². The van der Waals surface area contributed by atoms with E-state index >= 15 is 0 Å². The number of ether oxygens (including phenoxy) is 3. The van der Waals surface area contributed by atoms with Crippen molar-refractivity contribution in [3.8, 4) is 17.2 Å². The molecule has 0 aliphatic carbocycles. The van der Waals surface area contributed by atoms with Gasteiger partial charge in [-0.25, -0.2) is 9.69 Å². The van der Waals surface area contributed by atoms with Crippen LogP contribution in [0.2, 0.25) is 5.02 Å². The minimum Gasteiger partial charge on any atom is -0.494 e. The van der Waals surface area contributed by atoms with Crippen molar-refractivity contribution in [2.45, 2.75) is 33.8 Å². The number of nitrogens with one attached hydrogen (secondary N) is 1.